The molecular weight excluding hydrogens is 546 g/mol. The first kappa shape index (κ1) is 40.3. The van der Waals surface area contributed by atoms with Gasteiger partial charge in [0.15, 0.2) is 12.1 Å². The second kappa shape index (κ2) is 26.9. The van der Waals surface area contributed by atoms with Gasteiger partial charge in [-0.3, -0.25) is 9.59 Å². The Hall–Kier alpha value is -2.71. The van der Waals surface area contributed by atoms with E-state index in [2.05, 4.69) is 55.5 Å². The second-order valence-corrected chi connectivity index (χ2v) is 11.6. The molecule has 0 amide bonds. The molecule has 2 atom stereocenters. The number of likely N-dealkylation sites (N-methyl/N-ethyl adjacent to an activating group) is 1. The first-order valence-electron chi connectivity index (χ1n) is 16.2. The Balaban J connectivity index is 4.08. The van der Waals surface area contributed by atoms with Gasteiger partial charge in [-0.1, -0.05) is 88.1 Å². The van der Waals surface area contributed by atoms with Crippen LogP contribution in [0.1, 0.15) is 104 Å². The lowest BCUT2D eigenvalue weighted by molar-refractivity contribution is -0.887. The monoisotopic (exact) mass is 606 g/mol. The number of ether oxygens (including phenoxy) is 3. The zero-order valence-electron chi connectivity index (χ0n) is 27.6. The lowest BCUT2D eigenvalue weighted by Crippen LogP contribution is -2.50. The topological polar surface area (TPSA) is 99.1 Å². The van der Waals surface area contributed by atoms with Crippen LogP contribution in [-0.2, 0) is 28.6 Å². The van der Waals surface area contributed by atoms with Crippen molar-refractivity contribution in [2.75, 3.05) is 41.0 Å². The number of aliphatic carboxylic acids is 1. The molecule has 0 fully saturated rings. The molecule has 246 valence electrons. The van der Waals surface area contributed by atoms with Gasteiger partial charge in [-0.15, -0.1) is 0 Å². The average molecular weight is 607 g/mol. The molecule has 0 aromatic rings. The van der Waals surface area contributed by atoms with Crippen molar-refractivity contribution in [2.45, 2.75) is 116 Å². The Bertz CT molecular complexity index is 855. The molecule has 0 aromatic heterocycles. The molecule has 0 heterocycles. The van der Waals surface area contributed by atoms with Gasteiger partial charge in [0.25, 0.3) is 0 Å². The highest BCUT2D eigenvalue weighted by atomic mass is 16.6. The summed E-state index contributed by atoms with van der Waals surface area (Å²) in [4.78, 5) is 35.5. The standard InChI is InChI=1S/C35H59NO7/c1-6-8-9-10-11-12-13-14-15-16-17-18-19-20-21-22-23-24-25-26-34(38)43-31(30-42-33(37)7-2)29-41-28-27-32(35(39)40)36(3,4)5/h8-9,11-12,14-15,17-18,31-32H,6-7,10,13,16,19-30H2,1-5H3/p+1/b9-8-,12-11-,15-14-,18-17-. The molecule has 1 N–H and O–H groups in total. The third kappa shape index (κ3) is 25.5. The maximum Gasteiger partial charge on any atom is 0.362 e. The summed E-state index contributed by atoms with van der Waals surface area (Å²) in [6, 6.07) is -0.612. The van der Waals surface area contributed by atoms with Crippen LogP contribution in [0.4, 0.5) is 0 Å². The molecule has 0 saturated carbocycles. The second-order valence-electron chi connectivity index (χ2n) is 11.6. The van der Waals surface area contributed by atoms with Gasteiger partial charge in [0, 0.05) is 19.3 Å². The number of esters is 2. The van der Waals surface area contributed by atoms with Gasteiger partial charge in [-0.25, -0.2) is 4.79 Å². The van der Waals surface area contributed by atoms with Crippen molar-refractivity contribution in [3.63, 3.8) is 0 Å². The van der Waals surface area contributed by atoms with Crippen LogP contribution in [0.3, 0.4) is 0 Å². The lowest BCUT2D eigenvalue weighted by Gasteiger charge is -2.31. The predicted octanol–water partition coefficient (Wildman–Crippen LogP) is 7.34. The Kier molecular flexibility index (Phi) is 25.2. The molecule has 0 aliphatic rings. The van der Waals surface area contributed by atoms with Crippen molar-refractivity contribution in [1.29, 1.82) is 0 Å². The van der Waals surface area contributed by atoms with Crippen molar-refractivity contribution in [2.24, 2.45) is 0 Å². The summed E-state index contributed by atoms with van der Waals surface area (Å²) in [6.45, 7) is 4.01. The predicted molar refractivity (Wildman–Crippen MR) is 174 cm³/mol. The molecule has 0 rings (SSSR count). The fourth-order valence-electron chi connectivity index (χ4n) is 4.24. The maximum absolute atomic E-state index is 12.4. The minimum Gasteiger partial charge on any atom is -0.477 e. The van der Waals surface area contributed by atoms with Crippen molar-refractivity contribution in [3.8, 4) is 0 Å². The molecular formula is C35H60NO7+. The number of carboxylic acids is 1. The van der Waals surface area contributed by atoms with Gasteiger partial charge < -0.3 is 23.8 Å². The van der Waals surface area contributed by atoms with Gasteiger partial charge in [0.05, 0.1) is 34.4 Å². The Labute approximate surface area is 261 Å². The summed E-state index contributed by atoms with van der Waals surface area (Å²) in [5, 5.41) is 9.46. The number of carbonyl (C=O) groups is 3. The minimum absolute atomic E-state index is 0.0471. The Morgan fingerprint density at radius 2 is 1.28 bits per heavy atom. The van der Waals surface area contributed by atoms with E-state index in [0.29, 0.717) is 12.8 Å². The highest BCUT2D eigenvalue weighted by molar-refractivity contribution is 5.72. The Morgan fingerprint density at radius 3 is 1.84 bits per heavy atom. The van der Waals surface area contributed by atoms with Crippen LogP contribution >= 0.6 is 0 Å². The third-order valence-corrected chi connectivity index (χ3v) is 6.80. The maximum atomic E-state index is 12.4. The molecule has 0 aromatic carbocycles. The number of quaternary nitrogens is 1. The van der Waals surface area contributed by atoms with Crippen LogP contribution in [-0.4, -0.2) is 80.6 Å². The van der Waals surface area contributed by atoms with Gasteiger partial charge in [0.1, 0.15) is 6.61 Å². The minimum atomic E-state index is -0.887. The van der Waals surface area contributed by atoms with Crippen molar-refractivity contribution in [1.82, 2.24) is 0 Å². The van der Waals surface area contributed by atoms with E-state index in [1.165, 1.54) is 12.8 Å². The largest absolute Gasteiger partial charge is 0.477 e. The summed E-state index contributed by atoms with van der Waals surface area (Å²) in [5.41, 5.74) is 0. The average Bonchev–Trinajstić information content (AvgIpc) is 2.95. The fourth-order valence-corrected chi connectivity index (χ4v) is 4.24. The zero-order valence-corrected chi connectivity index (χ0v) is 27.6. The molecule has 0 bridgehead atoms. The number of nitrogens with zero attached hydrogens (tertiary/aromatic N) is 1. The number of carbonyl (C=O) groups excluding carboxylic acids is 2. The Morgan fingerprint density at radius 1 is 0.721 bits per heavy atom. The SMILES string of the molecule is CC/C=C\C/C=C\C/C=C\C/C=C\CCCCCCCCC(=O)OC(COCCC(C(=O)O)[N+](C)(C)C)COC(=O)CC. The van der Waals surface area contributed by atoms with Crippen LogP contribution in [0.5, 0.6) is 0 Å². The van der Waals surface area contributed by atoms with Crippen LogP contribution in [0.25, 0.3) is 0 Å². The molecule has 43 heavy (non-hydrogen) atoms. The van der Waals surface area contributed by atoms with E-state index in [0.717, 1.165) is 57.8 Å². The number of hydrogen-bond acceptors (Lipinski definition) is 6. The molecule has 2 unspecified atom stereocenters. The van der Waals surface area contributed by atoms with E-state index in [4.69, 9.17) is 14.2 Å². The molecule has 8 heteroatoms. The van der Waals surface area contributed by atoms with Gasteiger partial charge in [-0.05, 0) is 44.9 Å². The summed E-state index contributed by atoms with van der Waals surface area (Å²) in [7, 11) is 5.46. The van der Waals surface area contributed by atoms with Gasteiger partial charge in [-0.2, -0.15) is 0 Å². The van der Waals surface area contributed by atoms with Crippen molar-refractivity contribution < 1.29 is 38.2 Å². The zero-order chi connectivity index (χ0) is 32.2. The first-order valence-corrected chi connectivity index (χ1v) is 16.2. The molecule has 8 nitrogen and oxygen atoms in total. The molecule has 0 saturated heterocycles. The van der Waals surface area contributed by atoms with Gasteiger partial charge >= 0.3 is 17.9 Å². The highest BCUT2D eigenvalue weighted by Crippen LogP contribution is 2.12. The summed E-state index contributed by atoms with van der Waals surface area (Å²) in [6.07, 6.45) is 29.3. The van der Waals surface area contributed by atoms with Crippen LogP contribution in [0.2, 0.25) is 0 Å². The highest BCUT2D eigenvalue weighted by Gasteiger charge is 2.31. The third-order valence-electron chi connectivity index (χ3n) is 6.80. The number of unbranched alkanes of at least 4 members (excludes halogenated alkanes) is 6. The van der Waals surface area contributed by atoms with Crippen molar-refractivity contribution in [3.05, 3.63) is 48.6 Å². The normalized spacial score (nSPS) is 13.8. The molecule has 0 aliphatic heterocycles. The molecule has 0 spiro atoms. The van der Waals surface area contributed by atoms with E-state index in [-0.39, 0.29) is 42.7 Å². The van der Waals surface area contributed by atoms with Crippen molar-refractivity contribution >= 4 is 17.9 Å². The van der Waals surface area contributed by atoms with E-state index < -0.39 is 18.1 Å². The van der Waals surface area contributed by atoms with E-state index in [9.17, 15) is 19.5 Å². The fraction of sp³-hybridized carbons (Fsp3) is 0.686. The smallest absolute Gasteiger partial charge is 0.362 e. The molecule has 0 radical (unpaired) electrons. The van der Waals surface area contributed by atoms with E-state index >= 15 is 0 Å². The van der Waals surface area contributed by atoms with Gasteiger partial charge in [0.2, 0.25) is 0 Å². The number of carboxylic acid groups (broad SMARTS) is 1. The summed E-state index contributed by atoms with van der Waals surface area (Å²) < 4.78 is 16.6. The number of hydrogen-bond donors (Lipinski definition) is 1. The number of rotatable bonds is 27. The summed E-state index contributed by atoms with van der Waals surface area (Å²) in [5.74, 6) is -1.60. The lowest BCUT2D eigenvalue weighted by atomic mass is 10.1. The van der Waals surface area contributed by atoms with E-state index in [1.807, 2.05) is 21.1 Å². The van der Waals surface area contributed by atoms with Crippen LogP contribution in [0.15, 0.2) is 48.6 Å². The number of allylic oxidation sites excluding steroid dienone is 8. The van der Waals surface area contributed by atoms with Crippen LogP contribution < -0.4 is 0 Å². The quantitative estimate of drug-likeness (QED) is 0.0452. The summed E-state index contributed by atoms with van der Waals surface area (Å²) >= 11 is 0. The molecule has 0 aliphatic carbocycles. The van der Waals surface area contributed by atoms with Crippen LogP contribution in [0, 0.1) is 0 Å². The van der Waals surface area contributed by atoms with E-state index in [1.54, 1.807) is 6.92 Å². The first-order chi connectivity index (χ1) is 20.6.